The second-order valence-electron chi connectivity index (χ2n) is 3.61. The fourth-order valence-electron chi connectivity index (χ4n) is 1.78. The van der Waals surface area contributed by atoms with Crippen LogP contribution in [0.15, 0.2) is 23.8 Å². The Morgan fingerprint density at radius 2 is 2.36 bits per heavy atom. The highest BCUT2D eigenvalue weighted by Crippen LogP contribution is 2.22. The summed E-state index contributed by atoms with van der Waals surface area (Å²) in [4.78, 5) is 0. The lowest BCUT2D eigenvalue weighted by Crippen LogP contribution is -2.45. The van der Waals surface area contributed by atoms with Crippen molar-refractivity contribution in [2.24, 2.45) is 0 Å². The van der Waals surface area contributed by atoms with Gasteiger partial charge in [0.25, 0.3) is 0 Å². The van der Waals surface area contributed by atoms with Crippen LogP contribution in [-0.4, -0.2) is 20.6 Å². The van der Waals surface area contributed by atoms with Gasteiger partial charge in [0.2, 0.25) is 0 Å². The predicted octanol–water partition coefficient (Wildman–Crippen LogP) is 0.884. The fourth-order valence-corrected chi connectivity index (χ4v) is 2.92. The van der Waals surface area contributed by atoms with Crippen LogP contribution in [0.3, 0.4) is 0 Å². The summed E-state index contributed by atoms with van der Waals surface area (Å²) < 4.78 is 29.8. The summed E-state index contributed by atoms with van der Waals surface area (Å²) in [5.41, 5.74) is 1.05. The predicted molar refractivity (Wildman–Crippen MR) is 52.8 cm³/mol. The van der Waals surface area contributed by atoms with Crippen LogP contribution in [0, 0.1) is 0 Å². The molecule has 2 aliphatic rings. The zero-order chi connectivity index (χ0) is 10.2. The van der Waals surface area contributed by atoms with Crippen LogP contribution in [-0.2, 0) is 14.5 Å². The van der Waals surface area contributed by atoms with E-state index in [9.17, 15) is 8.42 Å². The maximum atomic E-state index is 11.2. The molecule has 0 spiro atoms. The first-order valence-corrected chi connectivity index (χ1v) is 6.05. The Kier molecular flexibility index (Phi) is 2.47. The fraction of sp³-hybridized carbons (Fsp3) is 0.556. The van der Waals surface area contributed by atoms with E-state index in [1.807, 2.05) is 18.2 Å². The summed E-state index contributed by atoms with van der Waals surface area (Å²) in [7, 11) is -3.54. The Hall–Kier alpha value is -0.650. The largest absolute Gasteiger partial charge is 0.336 e. The maximum absolute atomic E-state index is 11.2. The minimum absolute atomic E-state index is 0.123. The Balaban J connectivity index is 2.17. The van der Waals surface area contributed by atoms with Crippen LogP contribution < -0.4 is 4.72 Å². The first kappa shape index (κ1) is 9.89. The number of allylic oxidation sites excluding steroid dienone is 2. The van der Waals surface area contributed by atoms with Crippen molar-refractivity contribution >= 4 is 10.3 Å². The first-order valence-electron chi connectivity index (χ1n) is 4.64. The molecule has 2 atom stereocenters. The first-order chi connectivity index (χ1) is 6.57. The molecule has 0 radical (unpaired) electrons. The Morgan fingerprint density at radius 1 is 1.57 bits per heavy atom. The topological polar surface area (TPSA) is 55.4 Å². The highest BCUT2D eigenvalue weighted by Gasteiger charge is 2.30. The minimum atomic E-state index is -3.54. The Labute approximate surface area is 83.9 Å². The highest BCUT2D eigenvalue weighted by atomic mass is 32.2. The second-order valence-corrected chi connectivity index (χ2v) is 4.95. The van der Waals surface area contributed by atoms with Gasteiger partial charge in [0, 0.05) is 0 Å². The van der Waals surface area contributed by atoms with E-state index >= 15 is 0 Å². The molecule has 1 heterocycles. The van der Waals surface area contributed by atoms with E-state index in [0.29, 0.717) is 6.42 Å². The zero-order valence-electron chi connectivity index (χ0n) is 7.93. The molecule has 1 aliphatic carbocycles. The van der Waals surface area contributed by atoms with Crippen LogP contribution in [0.25, 0.3) is 0 Å². The molecule has 0 aromatic carbocycles. The van der Waals surface area contributed by atoms with Crippen LogP contribution in [0.1, 0.15) is 19.8 Å². The Bertz CT molecular complexity index is 383. The summed E-state index contributed by atoms with van der Waals surface area (Å²) in [5, 5.41) is 0. The lowest BCUT2D eigenvalue weighted by atomic mass is 10.0. The lowest BCUT2D eigenvalue weighted by Gasteiger charge is -2.28. The van der Waals surface area contributed by atoms with E-state index in [1.54, 1.807) is 6.92 Å². The zero-order valence-corrected chi connectivity index (χ0v) is 8.75. The monoisotopic (exact) mass is 215 g/mol. The molecule has 1 aliphatic heterocycles. The van der Waals surface area contributed by atoms with Gasteiger partial charge in [-0.15, -0.1) is 0 Å². The van der Waals surface area contributed by atoms with Crippen molar-refractivity contribution in [3.05, 3.63) is 23.8 Å². The van der Waals surface area contributed by atoms with Gasteiger partial charge in [0.1, 0.15) is 0 Å². The molecule has 1 fully saturated rings. The van der Waals surface area contributed by atoms with Gasteiger partial charge in [-0.05, 0) is 25.3 Å². The molecular weight excluding hydrogens is 202 g/mol. The quantitative estimate of drug-likeness (QED) is 0.706. The van der Waals surface area contributed by atoms with Crippen molar-refractivity contribution in [3.63, 3.8) is 0 Å². The van der Waals surface area contributed by atoms with Crippen molar-refractivity contribution < 1.29 is 12.6 Å². The van der Waals surface area contributed by atoms with Crippen LogP contribution in [0.5, 0.6) is 0 Å². The number of hydrogen-bond donors (Lipinski definition) is 1. The third kappa shape index (κ3) is 2.05. The lowest BCUT2D eigenvalue weighted by molar-refractivity contribution is 0.182. The summed E-state index contributed by atoms with van der Waals surface area (Å²) >= 11 is 0. The number of hydrogen-bond acceptors (Lipinski definition) is 3. The van der Waals surface area contributed by atoms with E-state index < -0.39 is 10.3 Å². The van der Waals surface area contributed by atoms with E-state index in [1.165, 1.54) is 0 Å². The normalized spacial score (nSPS) is 35.6. The molecule has 0 saturated carbocycles. The third-order valence-corrected chi connectivity index (χ3v) is 3.50. The highest BCUT2D eigenvalue weighted by molar-refractivity contribution is 7.84. The van der Waals surface area contributed by atoms with Gasteiger partial charge in [-0.25, -0.2) is 0 Å². The number of nitrogens with one attached hydrogen (secondary N) is 1. The molecule has 0 bridgehead atoms. The van der Waals surface area contributed by atoms with Crippen molar-refractivity contribution in [2.45, 2.75) is 31.9 Å². The van der Waals surface area contributed by atoms with E-state index in [0.717, 1.165) is 12.0 Å². The minimum Gasteiger partial charge on any atom is -0.255 e. The van der Waals surface area contributed by atoms with Gasteiger partial charge in [-0.1, -0.05) is 18.2 Å². The van der Waals surface area contributed by atoms with Crippen molar-refractivity contribution in [3.8, 4) is 0 Å². The summed E-state index contributed by atoms with van der Waals surface area (Å²) in [6.07, 6.45) is 7.35. The van der Waals surface area contributed by atoms with Crippen LogP contribution in [0.4, 0.5) is 0 Å². The van der Waals surface area contributed by atoms with E-state index in [2.05, 4.69) is 4.72 Å². The van der Waals surface area contributed by atoms with E-state index in [4.69, 9.17) is 4.18 Å². The smallest absolute Gasteiger partial charge is 0.255 e. The van der Waals surface area contributed by atoms with Gasteiger partial charge < -0.3 is 0 Å². The Morgan fingerprint density at radius 3 is 2.93 bits per heavy atom. The maximum Gasteiger partial charge on any atom is 0.336 e. The van der Waals surface area contributed by atoms with Crippen LogP contribution >= 0.6 is 0 Å². The molecule has 14 heavy (non-hydrogen) atoms. The second kappa shape index (κ2) is 3.49. The summed E-state index contributed by atoms with van der Waals surface area (Å²) in [6.45, 7) is 1.77. The molecular formula is C9H13NO3S. The average molecular weight is 215 g/mol. The van der Waals surface area contributed by atoms with Crippen molar-refractivity contribution in [1.29, 1.82) is 0 Å². The molecule has 5 heteroatoms. The molecule has 0 amide bonds. The molecule has 4 nitrogen and oxygen atoms in total. The van der Waals surface area contributed by atoms with Gasteiger partial charge in [0.15, 0.2) is 0 Å². The van der Waals surface area contributed by atoms with Crippen molar-refractivity contribution in [2.75, 3.05) is 0 Å². The van der Waals surface area contributed by atoms with Crippen molar-refractivity contribution in [1.82, 2.24) is 4.72 Å². The molecule has 0 unspecified atom stereocenters. The van der Waals surface area contributed by atoms with Gasteiger partial charge >= 0.3 is 10.3 Å². The summed E-state index contributed by atoms with van der Waals surface area (Å²) in [5.74, 6) is 0. The standard InChI is InChI=1S/C9H13NO3S/c1-7-6-9(8-4-2-3-5-8)10-14(11,12)13-7/h2,4-5,7,9-10H,3,6H2,1H3/t7-,9-/m0/s1. The van der Waals surface area contributed by atoms with Crippen LogP contribution in [0.2, 0.25) is 0 Å². The van der Waals surface area contributed by atoms with Gasteiger partial charge in [-0.3, -0.25) is 4.18 Å². The SMILES string of the molecule is C[C@H]1C[C@@H](C2=CCC=C2)NS(=O)(=O)O1. The molecule has 2 rings (SSSR count). The van der Waals surface area contributed by atoms with Gasteiger partial charge in [0.05, 0.1) is 12.1 Å². The third-order valence-electron chi connectivity index (χ3n) is 2.35. The molecule has 0 aromatic heterocycles. The average Bonchev–Trinajstić information content (AvgIpc) is 2.51. The van der Waals surface area contributed by atoms with Gasteiger partial charge in [-0.2, -0.15) is 13.1 Å². The number of rotatable bonds is 1. The summed E-state index contributed by atoms with van der Waals surface area (Å²) in [6, 6.07) is -0.123. The van der Waals surface area contributed by atoms with E-state index in [-0.39, 0.29) is 12.1 Å². The molecule has 78 valence electrons. The molecule has 1 saturated heterocycles. The molecule has 1 N–H and O–H groups in total. The molecule has 0 aromatic rings.